The van der Waals surface area contributed by atoms with E-state index in [-0.39, 0.29) is 34.4 Å². The maximum absolute atomic E-state index is 12.7. The minimum absolute atomic E-state index is 0.104. The molecule has 1 aromatic heterocycles. The Hall–Kier alpha value is -2.37. The zero-order valence-electron chi connectivity index (χ0n) is 14.5. The van der Waals surface area contributed by atoms with E-state index in [2.05, 4.69) is 15.5 Å². The first-order chi connectivity index (χ1) is 12.9. The largest absolute Gasteiger partial charge is 0.469 e. The third-order valence-corrected chi connectivity index (χ3v) is 7.30. The van der Waals surface area contributed by atoms with Gasteiger partial charge in [0.25, 0.3) is 15.9 Å². The van der Waals surface area contributed by atoms with Gasteiger partial charge in [-0.15, -0.1) is 10.2 Å². The third kappa shape index (κ3) is 4.31. The van der Waals surface area contributed by atoms with Crippen molar-refractivity contribution in [1.82, 2.24) is 14.5 Å². The van der Waals surface area contributed by atoms with Crippen LogP contribution in [0.4, 0.5) is 5.13 Å². The Labute approximate surface area is 160 Å². The van der Waals surface area contributed by atoms with Crippen LogP contribution in [0.25, 0.3) is 0 Å². The predicted octanol–water partition coefficient (Wildman–Crippen LogP) is 1.36. The monoisotopic (exact) mass is 410 g/mol. The van der Waals surface area contributed by atoms with Crippen molar-refractivity contribution < 1.29 is 22.7 Å². The molecule has 9 nitrogen and oxygen atoms in total. The van der Waals surface area contributed by atoms with E-state index in [0.29, 0.717) is 18.4 Å². The fraction of sp³-hybridized carbons (Fsp3) is 0.375. The van der Waals surface area contributed by atoms with Gasteiger partial charge in [-0.2, -0.15) is 4.31 Å². The summed E-state index contributed by atoms with van der Waals surface area (Å²) >= 11 is 0.793. The second kappa shape index (κ2) is 8.11. The molecule has 0 saturated carbocycles. The molecule has 0 atom stereocenters. The highest BCUT2D eigenvalue weighted by Crippen LogP contribution is 2.27. The lowest BCUT2D eigenvalue weighted by molar-refractivity contribution is -0.146. The number of ether oxygens (including phenoxy) is 1. The lowest BCUT2D eigenvalue weighted by Crippen LogP contribution is -2.40. The van der Waals surface area contributed by atoms with E-state index in [0.717, 1.165) is 11.3 Å². The summed E-state index contributed by atoms with van der Waals surface area (Å²) in [5.41, 5.74) is 0.432. The second-order valence-corrected chi connectivity index (χ2v) is 8.98. The number of esters is 1. The molecular formula is C16H18N4O5S2. The van der Waals surface area contributed by atoms with E-state index < -0.39 is 15.9 Å². The van der Waals surface area contributed by atoms with Gasteiger partial charge in [-0.3, -0.25) is 14.9 Å². The minimum atomic E-state index is -3.82. The van der Waals surface area contributed by atoms with E-state index >= 15 is 0 Å². The van der Waals surface area contributed by atoms with Gasteiger partial charge in [-0.05, 0) is 25.0 Å². The zero-order valence-corrected chi connectivity index (χ0v) is 16.1. The number of hydrogen-bond donors (Lipinski definition) is 1. The second-order valence-electron chi connectivity index (χ2n) is 5.89. The standard InChI is InChI=1S/C16H18N4O5S2/c1-25-14(22)12-7-9-20(10-8-12)27(23,24)16-19-18-15(26-16)17-13(21)11-5-3-2-4-6-11/h2-6,12H,7-10H2,1H3,(H,17,18,21). The molecule has 144 valence electrons. The molecule has 3 rings (SSSR count). The minimum Gasteiger partial charge on any atom is -0.469 e. The molecular weight excluding hydrogens is 392 g/mol. The fourth-order valence-corrected chi connectivity index (χ4v) is 5.24. The number of sulfonamides is 1. The van der Waals surface area contributed by atoms with Crippen molar-refractivity contribution in [2.75, 3.05) is 25.5 Å². The summed E-state index contributed by atoms with van der Waals surface area (Å²) in [6.07, 6.45) is 0.782. The molecule has 1 aliphatic rings. The van der Waals surface area contributed by atoms with Gasteiger partial charge < -0.3 is 4.74 Å². The number of carbonyl (C=O) groups excluding carboxylic acids is 2. The Bertz CT molecular complexity index is 921. The number of nitrogens with zero attached hydrogens (tertiary/aromatic N) is 3. The van der Waals surface area contributed by atoms with Crippen LogP contribution in [0.2, 0.25) is 0 Å². The summed E-state index contributed by atoms with van der Waals surface area (Å²) in [6.45, 7) is 0.404. The van der Waals surface area contributed by atoms with E-state index in [9.17, 15) is 18.0 Å². The molecule has 1 N–H and O–H groups in total. The molecule has 1 fully saturated rings. The highest BCUT2D eigenvalue weighted by atomic mass is 32.2. The molecule has 0 aliphatic carbocycles. The molecule has 1 saturated heterocycles. The number of amides is 1. The number of methoxy groups -OCH3 is 1. The Kier molecular flexibility index (Phi) is 5.82. The quantitative estimate of drug-likeness (QED) is 0.584. The molecule has 2 heterocycles. The van der Waals surface area contributed by atoms with Crippen LogP contribution in [-0.4, -0.2) is 55.0 Å². The van der Waals surface area contributed by atoms with Crippen LogP contribution in [-0.2, 0) is 19.6 Å². The van der Waals surface area contributed by atoms with Gasteiger partial charge in [0.1, 0.15) is 0 Å². The molecule has 11 heteroatoms. The van der Waals surface area contributed by atoms with E-state index in [1.54, 1.807) is 30.3 Å². The molecule has 1 amide bonds. The summed E-state index contributed by atoms with van der Waals surface area (Å²) in [4.78, 5) is 23.7. The van der Waals surface area contributed by atoms with Crippen molar-refractivity contribution >= 4 is 38.4 Å². The lowest BCUT2D eigenvalue weighted by atomic mass is 9.99. The Morgan fingerprint density at radius 3 is 2.48 bits per heavy atom. The molecule has 2 aromatic rings. The zero-order chi connectivity index (χ0) is 19.4. The topological polar surface area (TPSA) is 119 Å². The summed E-state index contributed by atoms with van der Waals surface area (Å²) in [7, 11) is -2.51. The number of aromatic nitrogens is 2. The predicted molar refractivity (Wildman–Crippen MR) is 97.8 cm³/mol. The highest BCUT2D eigenvalue weighted by Gasteiger charge is 2.34. The van der Waals surface area contributed by atoms with Gasteiger partial charge in [0.2, 0.25) is 9.47 Å². The summed E-state index contributed by atoms with van der Waals surface area (Å²) in [5, 5.41) is 10.1. The molecule has 0 unspecified atom stereocenters. The SMILES string of the molecule is COC(=O)C1CCN(S(=O)(=O)c2nnc(NC(=O)c3ccccc3)s2)CC1. The van der Waals surface area contributed by atoms with Crippen LogP contribution in [0.15, 0.2) is 34.7 Å². The van der Waals surface area contributed by atoms with Gasteiger partial charge in [0, 0.05) is 18.7 Å². The number of rotatable bonds is 5. The Balaban J connectivity index is 1.66. The molecule has 1 aliphatic heterocycles. The van der Waals surface area contributed by atoms with E-state index in [1.807, 2.05) is 0 Å². The molecule has 0 bridgehead atoms. The van der Waals surface area contributed by atoms with Gasteiger partial charge >= 0.3 is 5.97 Å². The van der Waals surface area contributed by atoms with Crippen molar-refractivity contribution in [2.45, 2.75) is 17.2 Å². The van der Waals surface area contributed by atoms with Crippen molar-refractivity contribution in [3.05, 3.63) is 35.9 Å². The number of carbonyl (C=O) groups is 2. The average Bonchev–Trinajstić information content (AvgIpc) is 3.17. The van der Waals surface area contributed by atoms with Crippen LogP contribution in [0.1, 0.15) is 23.2 Å². The summed E-state index contributed by atoms with van der Waals surface area (Å²) in [5.74, 6) is -1.01. The van der Waals surface area contributed by atoms with Gasteiger partial charge in [-0.25, -0.2) is 8.42 Å². The van der Waals surface area contributed by atoms with E-state index in [1.165, 1.54) is 11.4 Å². The van der Waals surface area contributed by atoms with Crippen LogP contribution >= 0.6 is 11.3 Å². The van der Waals surface area contributed by atoms with Gasteiger partial charge in [0.15, 0.2) is 0 Å². The first-order valence-corrected chi connectivity index (χ1v) is 10.5. The number of anilines is 1. The lowest BCUT2D eigenvalue weighted by Gasteiger charge is -2.28. The smallest absolute Gasteiger partial charge is 0.308 e. The van der Waals surface area contributed by atoms with Crippen LogP contribution in [0, 0.1) is 5.92 Å². The number of benzene rings is 1. The summed E-state index contributed by atoms with van der Waals surface area (Å²) in [6, 6.07) is 8.51. The maximum Gasteiger partial charge on any atom is 0.308 e. The van der Waals surface area contributed by atoms with Gasteiger partial charge in [-0.1, -0.05) is 29.5 Å². The molecule has 27 heavy (non-hydrogen) atoms. The molecule has 1 aromatic carbocycles. The third-order valence-electron chi connectivity index (χ3n) is 4.21. The van der Waals surface area contributed by atoms with Crippen molar-refractivity contribution in [3.63, 3.8) is 0 Å². The number of nitrogens with one attached hydrogen (secondary N) is 1. The normalized spacial score (nSPS) is 16.0. The van der Waals surface area contributed by atoms with Crippen molar-refractivity contribution in [2.24, 2.45) is 5.92 Å². The molecule has 0 radical (unpaired) electrons. The molecule has 0 spiro atoms. The van der Waals surface area contributed by atoms with Crippen LogP contribution in [0.3, 0.4) is 0 Å². The first-order valence-electron chi connectivity index (χ1n) is 8.19. The highest BCUT2D eigenvalue weighted by molar-refractivity contribution is 7.91. The fourth-order valence-electron chi connectivity index (χ4n) is 2.73. The summed E-state index contributed by atoms with van der Waals surface area (Å²) < 4.78 is 31.2. The van der Waals surface area contributed by atoms with Crippen LogP contribution in [0.5, 0.6) is 0 Å². The Morgan fingerprint density at radius 2 is 1.85 bits per heavy atom. The van der Waals surface area contributed by atoms with Crippen molar-refractivity contribution in [3.8, 4) is 0 Å². The first kappa shape index (κ1) is 19.4. The number of hydrogen-bond acceptors (Lipinski definition) is 8. The Morgan fingerprint density at radius 1 is 1.19 bits per heavy atom. The van der Waals surface area contributed by atoms with Gasteiger partial charge in [0.05, 0.1) is 13.0 Å². The maximum atomic E-state index is 12.7. The van der Waals surface area contributed by atoms with E-state index in [4.69, 9.17) is 4.74 Å². The number of piperidine rings is 1. The average molecular weight is 410 g/mol. The van der Waals surface area contributed by atoms with Crippen LogP contribution < -0.4 is 5.32 Å². The van der Waals surface area contributed by atoms with Crippen molar-refractivity contribution in [1.29, 1.82) is 0 Å².